The monoisotopic (exact) mass is 479 g/mol. The van der Waals surface area contributed by atoms with Crippen molar-refractivity contribution in [3.05, 3.63) is 87.3 Å². The Bertz CT molecular complexity index is 1260. The average Bonchev–Trinajstić information content (AvgIpc) is 3.21. The van der Waals surface area contributed by atoms with Crippen LogP contribution in [0.1, 0.15) is 24.2 Å². The Hall–Kier alpha value is -4.31. The van der Waals surface area contributed by atoms with Crippen molar-refractivity contribution in [3.63, 3.8) is 0 Å². The number of rotatable bonds is 8. The van der Waals surface area contributed by atoms with Crippen molar-refractivity contribution >= 4 is 45.5 Å². The number of nitrogens with one attached hydrogen (secondary N) is 2. The summed E-state index contributed by atoms with van der Waals surface area (Å²) in [6.07, 6.45) is 1.40. The summed E-state index contributed by atoms with van der Waals surface area (Å²) in [4.78, 5) is 48.0. The predicted octanol–water partition coefficient (Wildman–Crippen LogP) is 5.02. The van der Waals surface area contributed by atoms with Crippen molar-refractivity contribution in [2.75, 3.05) is 17.2 Å². The van der Waals surface area contributed by atoms with Crippen LogP contribution in [0.5, 0.6) is 0 Å². The first kappa shape index (κ1) is 24.3. The highest BCUT2D eigenvalue weighted by atomic mass is 32.1. The maximum absolute atomic E-state index is 13.0. The number of anilines is 2. The minimum Gasteiger partial charge on any atom is -0.452 e. The van der Waals surface area contributed by atoms with E-state index in [0.717, 1.165) is 22.5 Å². The number of ether oxygens (including phenoxy) is 1. The molecule has 0 atom stereocenters. The highest BCUT2D eigenvalue weighted by molar-refractivity contribution is 7.15. The highest BCUT2D eigenvalue weighted by Gasteiger charge is 2.24. The quantitative estimate of drug-likeness (QED) is 0.202. The van der Waals surface area contributed by atoms with E-state index >= 15 is 0 Å². The first-order valence-electron chi connectivity index (χ1n) is 10.1. The summed E-state index contributed by atoms with van der Waals surface area (Å²) in [5, 5.41) is 18.2. The van der Waals surface area contributed by atoms with Crippen LogP contribution >= 0.6 is 11.3 Å². The van der Waals surface area contributed by atoms with Crippen molar-refractivity contribution in [1.29, 1.82) is 0 Å². The molecular weight excluding hydrogens is 458 g/mol. The molecule has 2 amide bonds. The van der Waals surface area contributed by atoms with Gasteiger partial charge in [0.1, 0.15) is 16.3 Å². The zero-order valence-corrected chi connectivity index (χ0v) is 19.2. The Morgan fingerprint density at radius 1 is 1.03 bits per heavy atom. The minimum absolute atomic E-state index is 0.0104. The first-order chi connectivity index (χ1) is 16.3. The van der Waals surface area contributed by atoms with Gasteiger partial charge < -0.3 is 15.4 Å². The number of nitrogens with zero attached hydrogens (tertiary/aromatic N) is 1. The SMILES string of the molecule is CC(C)=CC(=O)Nc1scc(-c2ccccc2)c1C(=O)OCC(=O)Nc1ccccc1[N+](=O)[O-]. The van der Waals surface area contributed by atoms with E-state index < -0.39 is 29.3 Å². The average molecular weight is 480 g/mol. The van der Waals surface area contributed by atoms with Crippen molar-refractivity contribution < 1.29 is 24.0 Å². The van der Waals surface area contributed by atoms with Crippen LogP contribution in [0.4, 0.5) is 16.4 Å². The maximum atomic E-state index is 13.0. The second-order valence-corrected chi connectivity index (χ2v) is 8.21. The van der Waals surface area contributed by atoms with Crippen molar-refractivity contribution in [1.82, 2.24) is 0 Å². The van der Waals surface area contributed by atoms with Crippen LogP contribution in [0.3, 0.4) is 0 Å². The molecule has 0 fully saturated rings. The molecule has 0 unspecified atom stereocenters. The van der Waals surface area contributed by atoms with E-state index in [9.17, 15) is 24.5 Å². The van der Waals surface area contributed by atoms with Crippen LogP contribution in [0, 0.1) is 10.1 Å². The molecular formula is C24H21N3O6S. The number of nitro benzene ring substituents is 1. The van der Waals surface area contributed by atoms with Crippen LogP contribution in [0.25, 0.3) is 11.1 Å². The number of thiophene rings is 1. The second-order valence-electron chi connectivity index (χ2n) is 7.33. The normalized spacial score (nSPS) is 10.2. The van der Waals surface area contributed by atoms with Gasteiger partial charge in [0.15, 0.2) is 6.61 Å². The Balaban J connectivity index is 1.80. The summed E-state index contributed by atoms with van der Waals surface area (Å²) < 4.78 is 5.21. The topological polar surface area (TPSA) is 128 Å². The lowest BCUT2D eigenvalue weighted by Crippen LogP contribution is -2.22. The molecule has 0 saturated heterocycles. The molecule has 1 heterocycles. The molecule has 2 N–H and O–H groups in total. The van der Waals surface area contributed by atoms with Crippen molar-refractivity contribution in [2.45, 2.75) is 13.8 Å². The van der Waals surface area contributed by atoms with E-state index in [-0.39, 0.29) is 21.9 Å². The molecule has 3 aromatic rings. The minimum atomic E-state index is -0.815. The molecule has 0 radical (unpaired) electrons. The molecule has 3 rings (SSSR count). The fraction of sp³-hybridized carbons (Fsp3) is 0.125. The molecule has 0 aliphatic carbocycles. The molecule has 34 heavy (non-hydrogen) atoms. The third kappa shape index (κ3) is 6.14. The summed E-state index contributed by atoms with van der Waals surface area (Å²) in [6.45, 7) is 2.87. The highest BCUT2D eigenvalue weighted by Crippen LogP contribution is 2.36. The van der Waals surface area contributed by atoms with E-state index in [1.54, 1.807) is 19.2 Å². The van der Waals surface area contributed by atoms with Gasteiger partial charge in [0.05, 0.1) is 4.92 Å². The molecule has 174 valence electrons. The van der Waals surface area contributed by atoms with Crippen LogP contribution in [-0.2, 0) is 14.3 Å². The second kappa shape index (κ2) is 11.0. The number of carbonyl (C=O) groups is 3. The molecule has 0 bridgehead atoms. The molecule has 0 spiro atoms. The van der Waals surface area contributed by atoms with Crippen LogP contribution in [-0.4, -0.2) is 29.3 Å². The fourth-order valence-electron chi connectivity index (χ4n) is 3.02. The van der Waals surface area contributed by atoms with Crippen LogP contribution in [0.15, 0.2) is 71.6 Å². The van der Waals surface area contributed by atoms with Gasteiger partial charge in [-0.3, -0.25) is 19.7 Å². The largest absolute Gasteiger partial charge is 0.452 e. The molecule has 0 saturated carbocycles. The molecule has 10 heteroatoms. The molecule has 0 aliphatic rings. The van der Waals surface area contributed by atoms with E-state index in [4.69, 9.17) is 4.74 Å². The Morgan fingerprint density at radius 2 is 1.71 bits per heavy atom. The summed E-state index contributed by atoms with van der Waals surface area (Å²) in [5.74, 6) is -1.95. The number of hydrogen-bond donors (Lipinski definition) is 2. The lowest BCUT2D eigenvalue weighted by Gasteiger charge is -2.10. The van der Waals surface area contributed by atoms with Gasteiger partial charge in [0, 0.05) is 23.1 Å². The molecule has 0 aliphatic heterocycles. The number of hydrogen-bond acceptors (Lipinski definition) is 7. The van der Waals surface area contributed by atoms with Gasteiger partial charge in [-0.1, -0.05) is 48.0 Å². The van der Waals surface area contributed by atoms with Gasteiger partial charge in [-0.15, -0.1) is 11.3 Å². The van der Waals surface area contributed by atoms with Crippen molar-refractivity contribution in [2.24, 2.45) is 0 Å². The van der Waals surface area contributed by atoms with E-state index in [0.29, 0.717) is 5.56 Å². The number of carbonyl (C=O) groups excluding carboxylic acids is 3. The van der Waals surface area contributed by atoms with Crippen LogP contribution in [0.2, 0.25) is 0 Å². The number of amides is 2. The van der Waals surface area contributed by atoms with Gasteiger partial charge in [-0.25, -0.2) is 4.79 Å². The zero-order valence-electron chi connectivity index (χ0n) is 18.4. The van der Waals surface area contributed by atoms with Gasteiger partial charge in [0.2, 0.25) is 5.91 Å². The summed E-state index contributed by atoms with van der Waals surface area (Å²) in [5.41, 5.74) is 1.89. The maximum Gasteiger partial charge on any atom is 0.342 e. The first-order valence-corrected chi connectivity index (χ1v) is 11.0. The van der Waals surface area contributed by atoms with Gasteiger partial charge >= 0.3 is 5.97 Å². The Kier molecular flexibility index (Phi) is 7.88. The standard InChI is InChI=1S/C24H21N3O6S/c1-15(2)12-20(28)26-23-22(17(14-34-23)16-8-4-3-5-9-16)24(30)33-13-21(29)25-18-10-6-7-11-19(18)27(31)32/h3-12,14H,13H2,1-2H3,(H,25,29)(H,26,28). The lowest BCUT2D eigenvalue weighted by molar-refractivity contribution is -0.383. The Morgan fingerprint density at radius 3 is 2.38 bits per heavy atom. The number of benzene rings is 2. The number of nitro groups is 1. The molecule has 9 nitrogen and oxygen atoms in total. The number of para-hydroxylation sites is 2. The van der Waals surface area contributed by atoms with Crippen LogP contribution < -0.4 is 10.6 Å². The van der Waals surface area contributed by atoms with E-state index in [1.807, 2.05) is 30.3 Å². The molecule has 2 aromatic carbocycles. The predicted molar refractivity (Wildman–Crippen MR) is 130 cm³/mol. The fourth-order valence-corrected chi connectivity index (χ4v) is 3.98. The number of esters is 1. The summed E-state index contributed by atoms with van der Waals surface area (Å²) in [7, 11) is 0. The van der Waals surface area contributed by atoms with Gasteiger partial charge in [0.25, 0.3) is 11.6 Å². The lowest BCUT2D eigenvalue weighted by atomic mass is 10.0. The van der Waals surface area contributed by atoms with E-state index in [2.05, 4.69) is 10.6 Å². The van der Waals surface area contributed by atoms with Gasteiger partial charge in [-0.2, -0.15) is 0 Å². The smallest absolute Gasteiger partial charge is 0.342 e. The number of allylic oxidation sites excluding steroid dienone is 1. The third-order valence-electron chi connectivity index (χ3n) is 4.45. The summed E-state index contributed by atoms with van der Waals surface area (Å²) >= 11 is 1.16. The zero-order chi connectivity index (χ0) is 24.7. The van der Waals surface area contributed by atoms with Crippen molar-refractivity contribution in [3.8, 4) is 11.1 Å². The van der Waals surface area contributed by atoms with E-state index in [1.165, 1.54) is 30.3 Å². The van der Waals surface area contributed by atoms with Gasteiger partial charge in [-0.05, 0) is 25.5 Å². The third-order valence-corrected chi connectivity index (χ3v) is 5.34. The molecule has 1 aromatic heterocycles. The summed E-state index contributed by atoms with van der Waals surface area (Å²) in [6, 6.07) is 14.7. The Labute approximate surface area is 199 Å².